The van der Waals surface area contributed by atoms with E-state index in [2.05, 4.69) is 26.0 Å². The Labute approximate surface area is 269 Å². The number of likely N-dealkylation sites (tertiary alicyclic amines) is 1. The summed E-state index contributed by atoms with van der Waals surface area (Å²) in [5.74, 6) is -3.76. The number of nitrogens with zero attached hydrogens (tertiary/aromatic N) is 7. The zero-order valence-corrected chi connectivity index (χ0v) is 25.9. The third kappa shape index (κ3) is 6.36. The number of hydrogen-bond acceptors (Lipinski definition) is 9. The molecule has 244 valence electrons. The van der Waals surface area contributed by atoms with Crippen molar-refractivity contribution in [3.8, 4) is 28.8 Å². The van der Waals surface area contributed by atoms with E-state index in [0.29, 0.717) is 50.3 Å². The molecule has 0 spiro atoms. The molecule has 2 aliphatic rings. The van der Waals surface area contributed by atoms with Crippen molar-refractivity contribution in [2.75, 3.05) is 38.6 Å². The number of amides is 1. The van der Waals surface area contributed by atoms with Crippen molar-refractivity contribution < 1.29 is 27.4 Å². The Bertz CT molecular complexity index is 1900. The molecule has 47 heavy (non-hydrogen) atoms. The zero-order chi connectivity index (χ0) is 33.3. The third-order valence-electron chi connectivity index (χ3n) is 8.59. The molecule has 2 fully saturated rings. The van der Waals surface area contributed by atoms with E-state index in [1.54, 1.807) is 15.7 Å². The molecule has 0 unspecified atom stereocenters. The summed E-state index contributed by atoms with van der Waals surface area (Å²) in [7, 11) is 0. The zero-order valence-electron chi connectivity index (χ0n) is 25.9. The van der Waals surface area contributed by atoms with Crippen LogP contribution in [0.3, 0.4) is 0 Å². The molecular weight excluding hydrogens is 613 g/mol. The van der Waals surface area contributed by atoms with E-state index in [0.717, 1.165) is 18.6 Å². The smallest absolute Gasteiger partial charge is 0.264 e. The molecule has 14 heteroatoms. The maximum atomic E-state index is 15.6. The molecule has 1 atom stereocenters. The molecule has 0 saturated carbocycles. The fraction of sp³-hybridized carbons (Fsp3) is 0.364. The van der Waals surface area contributed by atoms with Crippen LogP contribution in [0.2, 0.25) is 0 Å². The number of fused-ring (bicyclic) bond motifs is 1. The second-order valence-electron chi connectivity index (χ2n) is 12.0. The summed E-state index contributed by atoms with van der Waals surface area (Å²) in [4.78, 5) is 26.1. The number of carbonyl (C=O) groups is 1. The molecule has 0 aliphatic carbocycles. The standard InChI is InChI=1S/C33H33F3N8O3/c1-33(2,42-11-13-46-14-12-42)16-20(17-37)32(45)43-10-4-5-21(43)18-44-31-27(30(38)39-19-40-31)29(41-44)23-9-8-22(15-25(23)35)47-26-7-3-6-24(34)28(26)36/h3,6-9,15-16,19,21H,4-5,10-14,18H2,1-2H3,(H2,38,39,40)/b20-16+/t21-/m0/s1. The van der Waals surface area contributed by atoms with E-state index in [-0.39, 0.29) is 52.6 Å². The van der Waals surface area contributed by atoms with Gasteiger partial charge in [-0.15, -0.1) is 0 Å². The molecule has 4 heterocycles. The van der Waals surface area contributed by atoms with Crippen LogP contribution >= 0.6 is 0 Å². The first kappa shape index (κ1) is 32.0. The van der Waals surface area contributed by atoms with Gasteiger partial charge in [0.05, 0.1) is 31.2 Å². The Morgan fingerprint density at radius 2 is 1.94 bits per heavy atom. The molecule has 0 bridgehead atoms. The summed E-state index contributed by atoms with van der Waals surface area (Å²) in [5.41, 5.74) is 6.34. The molecule has 2 aliphatic heterocycles. The number of anilines is 1. The molecule has 2 aromatic heterocycles. The number of hydrogen-bond donors (Lipinski definition) is 1. The van der Waals surface area contributed by atoms with Crippen molar-refractivity contribution in [3.63, 3.8) is 0 Å². The molecule has 6 rings (SSSR count). The Kier molecular flexibility index (Phi) is 8.85. The largest absolute Gasteiger partial charge is 0.454 e. The van der Waals surface area contributed by atoms with Crippen LogP contribution in [-0.2, 0) is 16.1 Å². The van der Waals surface area contributed by atoms with Gasteiger partial charge in [-0.1, -0.05) is 6.07 Å². The lowest BCUT2D eigenvalue weighted by Gasteiger charge is -2.39. The van der Waals surface area contributed by atoms with Gasteiger partial charge in [0, 0.05) is 36.8 Å². The normalized spacial score (nSPS) is 17.7. The van der Waals surface area contributed by atoms with E-state index in [1.807, 2.05) is 13.8 Å². The number of ether oxygens (including phenoxy) is 2. The summed E-state index contributed by atoms with van der Waals surface area (Å²) in [6, 6.07) is 9.09. The number of halogens is 3. The highest BCUT2D eigenvalue weighted by atomic mass is 19.2. The Hall–Kier alpha value is -5.00. The third-order valence-corrected chi connectivity index (χ3v) is 8.59. The fourth-order valence-corrected chi connectivity index (χ4v) is 6.16. The first-order chi connectivity index (χ1) is 22.6. The molecule has 4 aromatic rings. The minimum absolute atomic E-state index is 0.0537. The monoisotopic (exact) mass is 646 g/mol. The first-order valence-electron chi connectivity index (χ1n) is 15.2. The average Bonchev–Trinajstić information content (AvgIpc) is 3.68. The van der Waals surface area contributed by atoms with Gasteiger partial charge >= 0.3 is 0 Å². The van der Waals surface area contributed by atoms with E-state index < -0.39 is 23.0 Å². The predicted molar refractivity (Wildman–Crippen MR) is 166 cm³/mol. The SMILES string of the molecule is CC(C)(/C=C(\C#N)C(=O)N1CCC[C@H]1Cn1nc(-c2ccc(Oc3cccc(F)c3F)cc2F)c2c(N)ncnc21)N1CCOCC1. The Morgan fingerprint density at radius 3 is 2.68 bits per heavy atom. The summed E-state index contributed by atoms with van der Waals surface area (Å²) < 4.78 is 55.8. The quantitative estimate of drug-likeness (QED) is 0.211. The summed E-state index contributed by atoms with van der Waals surface area (Å²) in [6.07, 6.45) is 4.39. The van der Waals surface area contributed by atoms with Crippen LogP contribution in [0.1, 0.15) is 26.7 Å². The Balaban J connectivity index is 1.28. The number of morpholine rings is 1. The van der Waals surface area contributed by atoms with Gasteiger partial charge < -0.3 is 20.1 Å². The van der Waals surface area contributed by atoms with E-state index in [4.69, 9.17) is 15.2 Å². The van der Waals surface area contributed by atoms with Crippen molar-refractivity contribution in [1.82, 2.24) is 29.5 Å². The highest BCUT2D eigenvalue weighted by Crippen LogP contribution is 2.35. The van der Waals surface area contributed by atoms with Crippen LogP contribution in [0.4, 0.5) is 19.0 Å². The van der Waals surface area contributed by atoms with Crippen LogP contribution in [-0.4, -0.2) is 79.9 Å². The molecule has 2 aromatic carbocycles. The maximum Gasteiger partial charge on any atom is 0.264 e. The van der Waals surface area contributed by atoms with Gasteiger partial charge in [-0.05, 0) is 57.0 Å². The number of nitrogen functional groups attached to an aromatic ring is 1. The van der Waals surface area contributed by atoms with E-state index in [1.165, 1.54) is 30.6 Å². The summed E-state index contributed by atoms with van der Waals surface area (Å²) >= 11 is 0. The highest BCUT2D eigenvalue weighted by Gasteiger charge is 2.34. The van der Waals surface area contributed by atoms with Gasteiger partial charge in [0.15, 0.2) is 17.2 Å². The van der Waals surface area contributed by atoms with Crippen molar-refractivity contribution in [3.05, 3.63) is 71.8 Å². The molecule has 2 N–H and O–H groups in total. The van der Waals surface area contributed by atoms with Crippen LogP contribution in [0.15, 0.2) is 54.4 Å². The average molecular weight is 647 g/mol. The lowest BCUT2D eigenvalue weighted by Crippen LogP contribution is -2.49. The minimum atomic E-state index is -1.19. The van der Waals surface area contributed by atoms with Crippen LogP contribution in [0.5, 0.6) is 11.5 Å². The second kappa shape index (κ2) is 13.0. The van der Waals surface area contributed by atoms with Gasteiger partial charge in [-0.2, -0.15) is 14.8 Å². The number of nitriles is 1. The lowest BCUT2D eigenvalue weighted by molar-refractivity contribution is -0.127. The number of rotatable bonds is 8. The second-order valence-corrected chi connectivity index (χ2v) is 12.0. The van der Waals surface area contributed by atoms with Crippen molar-refractivity contribution >= 4 is 22.8 Å². The molecule has 11 nitrogen and oxygen atoms in total. The molecule has 2 saturated heterocycles. The van der Waals surface area contributed by atoms with Crippen LogP contribution in [0, 0.1) is 28.8 Å². The Morgan fingerprint density at radius 1 is 1.15 bits per heavy atom. The molecule has 0 radical (unpaired) electrons. The van der Waals surface area contributed by atoms with Crippen molar-refractivity contribution in [1.29, 1.82) is 5.26 Å². The van der Waals surface area contributed by atoms with Gasteiger partial charge in [0.1, 0.15) is 41.0 Å². The van der Waals surface area contributed by atoms with Crippen molar-refractivity contribution in [2.45, 2.75) is 44.8 Å². The predicted octanol–water partition coefficient (Wildman–Crippen LogP) is 4.84. The van der Waals surface area contributed by atoms with E-state index >= 15 is 4.39 Å². The highest BCUT2D eigenvalue weighted by molar-refractivity contribution is 5.99. The van der Waals surface area contributed by atoms with Gasteiger partial charge in [-0.25, -0.2) is 23.4 Å². The number of benzene rings is 2. The summed E-state index contributed by atoms with van der Waals surface area (Å²) in [6.45, 7) is 7.21. The van der Waals surface area contributed by atoms with E-state index in [9.17, 15) is 18.8 Å². The van der Waals surface area contributed by atoms with Crippen LogP contribution < -0.4 is 10.5 Å². The van der Waals surface area contributed by atoms with Crippen molar-refractivity contribution in [2.24, 2.45) is 0 Å². The van der Waals surface area contributed by atoms with Crippen LogP contribution in [0.25, 0.3) is 22.3 Å². The lowest BCUT2D eigenvalue weighted by atomic mass is 9.97. The van der Waals surface area contributed by atoms with Gasteiger partial charge in [-0.3, -0.25) is 9.69 Å². The summed E-state index contributed by atoms with van der Waals surface area (Å²) in [5, 5.41) is 15.0. The maximum absolute atomic E-state index is 15.6. The topological polar surface area (TPSA) is 135 Å². The van der Waals surface area contributed by atoms with Gasteiger partial charge in [0.25, 0.3) is 5.91 Å². The molecular formula is C33H33F3N8O3. The number of nitrogens with two attached hydrogens (primary N) is 1. The number of carbonyl (C=O) groups excluding carboxylic acids is 1. The molecule has 1 amide bonds. The van der Waals surface area contributed by atoms with Gasteiger partial charge in [0.2, 0.25) is 5.82 Å². The first-order valence-corrected chi connectivity index (χ1v) is 15.2. The fourth-order valence-electron chi connectivity index (χ4n) is 6.16. The number of aromatic nitrogens is 4. The minimum Gasteiger partial charge on any atom is -0.454 e.